The molecule has 0 radical (unpaired) electrons. The lowest BCUT2D eigenvalue weighted by Gasteiger charge is -2.20. The molecule has 1 heterocycles. The van der Waals surface area contributed by atoms with E-state index in [-0.39, 0.29) is 6.09 Å². The van der Waals surface area contributed by atoms with E-state index in [9.17, 15) is 4.79 Å². The Morgan fingerprint density at radius 3 is 2.82 bits per heavy atom. The largest absolute Gasteiger partial charge is 0.444 e. The third-order valence-corrected chi connectivity index (χ3v) is 3.50. The molecule has 0 saturated heterocycles. The molecule has 0 aromatic carbocycles. The van der Waals surface area contributed by atoms with Crippen molar-refractivity contribution in [3.8, 4) is 0 Å². The van der Waals surface area contributed by atoms with Crippen LogP contribution >= 0.6 is 0 Å². The van der Waals surface area contributed by atoms with Gasteiger partial charge in [0.05, 0.1) is 6.33 Å². The second-order valence-corrected chi connectivity index (χ2v) is 7.03. The molecule has 0 spiro atoms. The first-order chi connectivity index (χ1) is 10.3. The third-order valence-electron chi connectivity index (χ3n) is 3.50. The van der Waals surface area contributed by atoms with Gasteiger partial charge in [-0.2, -0.15) is 0 Å². The average Bonchev–Trinajstić information content (AvgIpc) is 3.14. The lowest BCUT2D eigenvalue weighted by Crippen LogP contribution is -2.39. The summed E-state index contributed by atoms with van der Waals surface area (Å²) in [7, 11) is 0. The number of rotatable bonds is 7. The third kappa shape index (κ3) is 5.67. The summed E-state index contributed by atoms with van der Waals surface area (Å²) in [6, 6.07) is 0.326. The Balaban J connectivity index is 1.62. The molecule has 1 amide bonds. The number of ether oxygens (including phenoxy) is 1. The SMILES string of the molecule is C[C@H](Cn1cncc1C1CC1)NCCNC(=O)OC(C)(C)C. The molecule has 0 bridgehead atoms. The highest BCUT2D eigenvalue weighted by Crippen LogP contribution is 2.39. The minimum atomic E-state index is -0.453. The van der Waals surface area contributed by atoms with E-state index in [0.29, 0.717) is 25.0 Å². The summed E-state index contributed by atoms with van der Waals surface area (Å²) in [5.41, 5.74) is 0.895. The summed E-state index contributed by atoms with van der Waals surface area (Å²) < 4.78 is 7.42. The van der Waals surface area contributed by atoms with Gasteiger partial charge in [-0.15, -0.1) is 0 Å². The Kier molecular flexibility index (Phi) is 5.45. The van der Waals surface area contributed by atoms with Crippen LogP contribution in [0.25, 0.3) is 0 Å². The molecule has 2 rings (SSSR count). The normalized spacial score (nSPS) is 16.4. The zero-order valence-corrected chi connectivity index (χ0v) is 14.1. The van der Waals surface area contributed by atoms with Gasteiger partial charge in [0.15, 0.2) is 0 Å². The number of nitrogens with one attached hydrogen (secondary N) is 2. The van der Waals surface area contributed by atoms with E-state index in [1.165, 1.54) is 18.5 Å². The fraction of sp³-hybridized carbons (Fsp3) is 0.750. The maximum absolute atomic E-state index is 11.5. The van der Waals surface area contributed by atoms with Crippen molar-refractivity contribution in [1.82, 2.24) is 20.2 Å². The minimum absolute atomic E-state index is 0.326. The van der Waals surface area contributed by atoms with Crippen molar-refractivity contribution in [2.24, 2.45) is 0 Å². The quantitative estimate of drug-likeness (QED) is 0.758. The summed E-state index contributed by atoms with van der Waals surface area (Å²) in [5.74, 6) is 0.712. The first kappa shape index (κ1) is 16.8. The Hall–Kier alpha value is -1.56. The molecule has 1 aliphatic carbocycles. The number of hydrogen-bond donors (Lipinski definition) is 2. The number of amides is 1. The predicted octanol–water partition coefficient (Wildman–Crippen LogP) is 2.26. The van der Waals surface area contributed by atoms with Crippen molar-refractivity contribution in [2.45, 2.75) is 64.6 Å². The highest BCUT2D eigenvalue weighted by atomic mass is 16.6. The number of hydrogen-bond acceptors (Lipinski definition) is 4. The van der Waals surface area contributed by atoms with Gasteiger partial charge in [0.1, 0.15) is 5.60 Å². The van der Waals surface area contributed by atoms with E-state index in [2.05, 4.69) is 27.1 Å². The van der Waals surface area contributed by atoms with Gasteiger partial charge in [-0.1, -0.05) is 0 Å². The molecule has 1 aromatic heterocycles. The first-order valence-electron chi connectivity index (χ1n) is 8.05. The summed E-state index contributed by atoms with van der Waals surface area (Å²) in [5, 5.41) is 6.16. The maximum atomic E-state index is 11.5. The second kappa shape index (κ2) is 7.13. The number of aromatic nitrogens is 2. The fourth-order valence-corrected chi connectivity index (χ4v) is 2.36. The highest BCUT2D eigenvalue weighted by Gasteiger charge is 2.27. The van der Waals surface area contributed by atoms with Crippen LogP contribution in [0.5, 0.6) is 0 Å². The van der Waals surface area contributed by atoms with E-state index in [1.54, 1.807) is 0 Å². The fourth-order valence-electron chi connectivity index (χ4n) is 2.36. The van der Waals surface area contributed by atoms with Crippen molar-refractivity contribution >= 4 is 6.09 Å². The summed E-state index contributed by atoms with van der Waals surface area (Å²) in [6.07, 6.45) is 6.09. The molecule has 22 heavy (non-hydrogen) atoms. The summed E-state index contributed by atoms with van der Waals surface area (Å²) in [6.45, 7) is 9.88. The Bertz CT molecular complexity index is 489. The molecule has 0 unspecified atom stereocenters. The first-order valence-corrected chi connectivity index (χ1v) is 8.05. The summed E-state index contributed by atoms with van der Waals surface area (Å²) >= 11 is 0. The molecule has 2 N–H and O–H groups in total. The zero-order chi connectivity index (χ0) is 16.2. The maximum Gasteiger partial charge on any atom is 0.407 e. The van der Waals surface area contributed by atoms with E-state index in [0.717, 1.165) is 6.54 Å². The van der Waals surface area contributed by atoms with Gasteiger partial charge in [0, 0.05) is 43.5 Å². The monoisotopic (exact) mass is 308 g/mol. The van der Waals surface area contributed by atoms with E-state index >= 15 is 0 Å². The molecule has 124 valence electrons. The van der Waals surface area contributed by atoms with Crippen LogP contribution in [0.3, 0.4) is 0 Å². The van der Waals surface area contributed by atoms with Gasteiger partial charge in [0.25, 0.3) is 0 Å². The van der Waals surface area contributed by atoms with Crippen molar-refractivity contribution < 1.29 is 9.53 Å². The molecular formula is C16H28N4O2. The second-order valence-electron chi connectivity index (χ2n) is 7.03. The number of carbonyl (C=O) groups excluding carboxylic acids is 1. The van der Waals surface area contributed by atoms with Gasteiger partial charge in [-0.25, -0.2) is 9.78 Å². The minimum Gasteiger partial charge on any atom is -0.444 e. The molecule has 1 fully saturated rings. The van der Waals surface area contributed by atoms with Crippen LogP contribution in [0.4, 0.5) is 4.79 Å². The van der Waals surface area contributed by atoms with E-state index in [1.807, 2.05) is 33.3 Å². The van der Waals surface area contributed by atoms with Gasteiger partial charge in [-0.05, 0) is 40.5 Å². The molecule has 1 saturated carbocycles. The Morgan fingerprint density at radius 1 is 1.45 bits per heavy atom. The molecule has 6 heteroatoms. The number of nitrogens with zero attached hydrogens (tertiary/aromatic N) is 2. The smallest absolute Gasteiger partial charge is 0.407 e. The van der Waals surface area contributed by atoms with Gasteiger partial charge in [0.2, 0.25) is 0 Å². The van der Waals surface area contributed by atoms with Crippen LogP contribution < -0.4 is 10.6 Å². The lowest BCUT2D eigenvalue weighted by molar-refractivity contribution is 0.0528. The van der Waals surface area contributed by atoms with Crippen LogP contribution in [-0.4, -0.2) is 40.4 Å². The number of imidazole rings is 1. The highest BCUT2D eigenvalue weighted by molar-refractivity contribution is 5.67. The van der Waals surface area contributed by atoms with Crippen molar-refractivity contribution in [1.29, 1.82) is 0 Å². The Morgan fingerprint density at radius 2 is 2.18 bits per heavy atom. The predicted molar refractivity (Wildman–Crippen MR) is 85.9 cm³/mol. The molecular weight excluding hydrogens is 280 g/mol. The number of alkyl carbamates (subject to hydrolysis) is 1. The standard InChI is InChI=1S/C16H28N4O2/c1-12(10-20-11-17-9-14(20)13-5-6-13)18-7-8-19-15(21)22-16(2,3)4/h9,11-13,18H,5-8,10H2,1-4H3,(H,19,21)/t12-/m1/s1. The number of carbonyl (C=O) groups is 1. The van der Waals surface area contributed by atoms with Crippen LogP contribution in [0.1, 0.15) is 52.1 Å². The lowest BCUT2D eigenvalue weighted by atomic mass is 10.2. The van der Waals surface area contributed by atoms with Crippen molar-refractivity contribution in [3.05, 3.63) is 18.2 Å². The zero-order valence-electron chi connectivity index (χ0n) is 14.1. The summed E-state index contributed by atoms with van der Waals surface area (Å²) in [4.78, 5) is 15.8. The van der Waals surface area contributed by atoms with Crippen molar-refractivity contribution in [2.75, 3.05) is 13.1 Å². The topological polar surface area (TPSA) is 68.2 Å². The van der Waals surface area contributed by atoms with Crippen LogP contribution in [-0.2, 0) is 11.3 Å². The van der Waals surface area contributed by atoms with E-state index < -0.39 is 5.60 Å². The van der Waals surface area contributed by atoms with Gasteiger partial charge < -0.3 is 19.9 Å². The van der Waals surface area contributed by atoms with Crippen LogP contribution in [0.2, 0.25) is 0 Å². The molecule has 6 nitrogen and oxygen atoms in total. The van der Waals surface area contributed by atoms with Crippen molar-refractivity contribution in [3.63, 3.8) is 0 Å². The molecule has 1 atom stereocenters. The molecule has 1 aromatic rings. The average molecular weight is 308 g/mol. The van der Waals surface area contributed by atoms with Crippen LogP contribution in [0.15, 0.2) is 12.5 Å². The molecule has 0 aliphatic heterocycles. The van der Waals surface area contributed by atoms with E-state index in [4.69, 9.17) is 4.74 Å². The van der Waals surface area contributed by atoms with Crippen LogP contribution in [0, 0.1) is 0 Å². The Labute approximate surface area is 132 Å². The molecule has 1 aliphatic rings. The van der Waals surface area contributed by atoms with Gasteiger partial charge >= 0.3 is 6.09 Å². The van der Waals surface area contributed by atoms with Gasteiger partial charge in [-0.3, -0.25) is 0 Å².